The Morgan fingerprint density at radius 2 is 1.74 bits per heavy atom. The van der Waals surface area contributed by atoms with Crippen LogP contribution in [0.5, 0.6) is 5.75 Å². The Morgan fingerprint density at radius 1 is 1.03 bits per heavy atom. The molecule has 0 bridgehead atoms. The number of esters is 1. The maximum Gasteiger partial charge on any atom is 0.327 e. The van der Waals surface area contributed by atoms with E-state index in [1.54, 1.807) is 42.5 Å². The van der Waals surface area contributed by atoms with Crippen LogP contribution >= 0.6 is 39.1 Å². The first-order valence-electron chi connectivity index (χ1n) is 11.9. The number of ether oxygens (including phenoxy) is 2. The van der Waals surface area contributed by atoms with Gasteiger partial charge in [-0.15, -0.1) is 11.6 Å². The highest BCUT2D eigenvalue weighted by atomic mass is 79.9. The van der Waals surface area contributed by atoms with Crippen molar-refractivity contribution in [3.63, 3.8) is 0 Å². The van der Waals surface area contributed by atoms with Crippen LogP contribution in [0.15, 0.2) is 114 Å². The van der Waals surface area contributed by atoms with Gasteiger partial charge in [0.2, 0.25) is 0 Å². The van der Waals surface area contributed by atoms with E-state index in [0.29, 0.717) is 29.6 Å². The summed E-state index contributed by atoms with van der Waals surface area (Å²) in [7, 11) is 0. The zero-order valence-corrected chi connectivity index (χ0v) is 23.3. The van der Waals surface area contributed by atoms with Crippen molar-refractivity contribution < 1.29 is 14.3 Å². The lowest BCUT2D eigenvalue weighted by atomic mass is 9.66. The van der Waals surface area contributed by atoms with E-state index in [0.717, 1.165) is 27.5 Å². The molecule has 2 atom stereocenters. The minimum Gasteiger partial charge on any atom is -0.492 e. The summed E-state index contributed by atoms with van der Waals surface area (Å²) in [6, 6.07) is 22.4. The number of para-hydroxylation sites is 2. The highest BCUT2D eigenvalue weighted by Crippen LogP contribution is 2.54. The van der Waals surface area contributed by atoms with Gasteiger partial charge in [0, 0.05) is 9.50 Å². The molecular weight excluding hydrogens is 587 g/mol. The van der Waals surface area contributed by atoms with E-state index in [-0.39, 0.29) is 0 Å². The number of imidazole rings is 1. The summed E-state index contributed by atoms with van der Waals surface area (Å²) in [6.07, 6.45) is 8.13. The Morgan fingerprint density at radius 3 is 2.50 bits per heavy atom. The molecule has 0 aliphatic heterocycles. The van der Waals surface area contributed by atoms with Crippen molar-refractivity contribution in [2.24, 2.45) is 0 Å². The molecule has 0 saturated carbocycles. The summed E-state index contributed by atoms with van der Waals surface area (Å²) in [5.41, 5.74) is 0.546. The number of rotatable bonds is 8. The number of allylic oxidation sites excluding steroid dienone is 3. The van der Waals surface area contributed by atoms with E-state index in [2.05, 4.69) is 22.5 Å². The van der Waals surface area contributed by atoms with E-state index in [4.69, 9.17) is 37.7 Å². The molecule has 5 rings (SSSR count). The highest BCUT2D eigenvalue weighted by molar-refractivity contribution is 9.10. The number of nitrogens with zero attached hydrogens (tertiary/aromatic N) is 2. The van der Waals surface area contributed by atoms with Gasteiger partial charge in [-0.2, -0.15) is 0 Å². The summed E-state index contributed by atoms with van der Waals surface area (Å²) in [4.78, 5) is 17.3. The van der Waals surface area contributed by atoms with Gasteiger partial charge in [-0.3, -0.25) is 4.79 Å². The van der Waals surface area contributed by atoms with Crippen LogP contribution in [0.2, 0.25) is 5.02 Å². The predicted molar refractivity (Wildman–Crippen MR) is 155 cm³/mol. The Bertz CT molecular complexity index is 1560. The van der Waals surface area contributed by atoms with Crippen molar-refractivity contribution in [3.05, 3.63) is 131 Å². The van der Waals surface area contributed by atoms with Crippen LogP contribution in [0.25, 0.3) is 11.0 Å². The molecule has 8 heteroatoms. The van der Waals surface area contributed by atoms with Crippen molar-refractivity contribution >= 4 is 56.1 Å². The standard InChI is InChI=1S/C30H23BrCl2N2O3/c1-2-37-28(36)29(23-9-3-4-10-24(23)32)17-7-8-18-30(29,33)27-34-25-11-5-6-12-26(25)35(27)19-20-38-22-15-13-21(31)14-16-22/h2-18H,1,19-20H2. The number of carbonyl (C=O) groups excluding carboxylic acids is 1. The molecule has 1 aliphatic carbocycles. The number of hydrogen-bond acceptors (Lipinski definition) is 4. The molecule has 0 saturated heterocycles. The normalized spacial score (nSPS) is 20.4. The van der Waals surface area contributed by atoms with E-state index in [1.807, 2.05) is 59.2 Å². The first-order valence-corrected chi connectivity index (χ1v) is 13.4. The molecule has 192 valence electrons. The molecule has 5 nitrogen and oxygen atoms in total. The maximum atomic E-state index is 13.8. The van der Waals surface area contributed by atoms with Crippen LogP contribution in [-0.4, -0.2) is 22.1 Å². The quantitative estimate of drug-likeness (QED) is 0.117. The fourth-order valence-corrected chi connectivity index (χ4v) is 5.83. The van der Waals surface area contributed by atoms with E-state index < -0.39 is 16.3 Å². The van der Waals surface area contributed by atoms with Gasteiger partial charge in [0.15, 0.2) is 0 Å². The number of hydrogen-bond donors (Lipinski definition) is 0. The molecule has 1 heterocycles. The second-order valence-corrected chi connectivity index (χ2v) is 10.6. The van der Waals surface area contributed by atoms with Crippen molar-refractivity contribution in [3.8, 4) is 5.75 Å². The number of halogens is 3. The lowest BCUT2D eigenvalue weighted by molar-refractivity contribution is -0.144. The Labute approximate surface area is 239 Å². The predicted octanol–water partition coefficient (Wildman–Crippen LogP) is 7.72. The maximum absolute atomic E-state index is 13.8. The van der Waals surface area contributed by atoms with Crippen LogP contribution in [0.3, 0.4) is 0 Å². The molecule has 0 spiro atoms. The molecule has 38 heavy (non-hydrogen) atoms. The van der Waals surface area contributed by atoms with Gasteiger partial charge in [-0.25, -0.2) is 4.98 Å². The van der Waals surface area contributed by atoms with E-state index in [1.165, 1.54) is 0 Å². The van der Waals surface area contributed by atoms with Crippen molar-refractivity contribution in [1.82, 2.24) is 9.55 Å². The number of aromatic nitrogens is 2. The average molecular weight is 610 g/mol. The third-order valence-corrected chi connectivity index (χ3v) is 8.00. The molecule has 0 radical (unpaired) electrons. The third-order valence-electron chi connectivity index (χ3n) is 6.55. The molecule has 0 fully saturated rings. The van der Waals surface area contributed by atoms with Gasteiger partial charge < -0.3 is 14.0 Å². The van der Waals surface area contributed by atoms with Gasteiger partial charge in [0.1, 0.15) is 28.5 Å². The second-order valence-electron chi connectivity index (χ2n) is 8.67. The highest BCUT2D eigenvalue weighted by Gasteiger charge is 2.60. The minimum absolute atomic E-state index is 0.345. The fraction of sp³-hybridized carbons (Fsp3) is 0.133. The number of alkyl halides is 1. The van der Waals surface area contributed by atoms with Gasteiger partial charge in [-0.1, -0.05) is 88.7 Å². The lowest BCUT2D eigenvalue weighted by Gasteiger charge is -2.42. The Balaban J connectivity index is 1.67. The number of fused-ring (bicyclic) bond motifs is 1. The number of benzene rings is 3. The van der Waals surface area contributed by atoms with Gasteiger partial charge in [0.05, 0.1) is 23.8 Å². The van der Waals surface area contributed by atoms with E-state index >= 15 is 0 Å². The van der Waals surface area contributed by atoms with Gasteiger partial charge >= 0.3 is 5.97 Å². The minimum atomic E-state index is -1.54. The molecule has 1 aliphatic rings. The molecule has 2 unspecified atom stereocenters. The molecule has 4 aromatic rings. The summed E-state index contributed by atoms with van der Waals surface area (Å²) in [6.45, 7) is 4.36. The topological polar surface area (TPSA) is 53.3 Å². The first-order chi connectivity index (χ1) is 18.4. The molecular formula is C30H23BrCl2N2O3. The smallest absolute Gasteiger partial charge is 0.327 e. The monoisotopic (exact) mass is 608 g/mol. The summed E-state index contributed by atoms with van der Waals surface area (Å²) in [5.74, 6) is 0.572. The van der Waals surface area contributed by atoms with Crippen molar-refractivity contribution in [1.29, 1.82) is 0 Å². The van der Waals surface area contributed by atoms with Crippen LogP contribution in [0.1, 0.15) is 11.4 Å². The molecule has 0 N–H and O–H groups in total. The summed E-state index contributed by atoms with van der Waals surface area (Å²) in [5, 5.41) is 0.375. The van der Waals surface area contributed by atoms with Crippen molar-refractivity contribution in [2.45, 2.75) is 16.8 Å². The van der Waals surface area contributed by atoms with Crippen molar-refractivity contribution in [2.75, 3.05) is 6.61 Å². The Kier molecular flexibility index (Phi) is 7.48. The Hall–Kier alpha value is -3.32. The third kappa shape index (κ3) is 4.47. The summed E-state index contributed by atoms with van der Waals surface area (Å²) >= 11 is 17.7. The van der Waals surface area contributed by atoms with Crippen LogP contribution < -0.4 is 4.74 Å². The number of carbonyl (C=O) groups is 1. The van der Waals surface area contributed by atoms with Gasteiger partial charge in [0.25, 0.3) is 0 Å². The average Bonchev–Trinajstić information content (AvgIpc) is 3.30. The van der Waals surface area contributed by atoms with Crippen LogP contribution in [0.4, 0.5) is 0 Å². The molecule has 1 aromatic heterocycles. The van der Waals surface area contributed by atoms with E-state index in [9.17, 15) is 4.79 Å². The summed E-state index contributed by atoms with van der Waals surface area (Å²) < 4.78 is 14.4. The largest absolute Gasteiger partial charge is 0.492 e. The van der Waals surface area contributed by atoms with Gasteiger partial charge in [-0.05, 0) is 48.0 Å². The zero-order valence-electron chi connectivity index (χ0n) is 20.2. The SMILES string of the molecule is C=COC(=O)C1(c2ccccc2Cl)C=CC=CC1(Cl)c1nc2ccccc2n1CCOc1ccc(Br)cc1. The zero-order chi connectivity index (χ0) is 26.8. The van der Waals surface area contributed by atoms with Crippen LogP contribution in [-0.2, 0) is 26.4 Å². The van der Waals surface area contributed by atoms with Crippen LogP contribution in [0, 0.1) is 0 Å². The lowest BCUT2D eigenvalue weighted by Crippen LogP contribution is -2.52. The first kappa shape index (κ1) is 26.3. The molecule has 0 amide bonds. The molecule has 3 aromatic carbocycles. The second kappa shape index (κ2) is 10.8. The fourth-order valence-electron chi connectivity index (χ4n) is 4.82.